The summed E-state index contributed by atoms with van der Waals surface area (Å²) in [6.45, 7) is 3.67. The SMILES string of the molecule is CCN(Cc1ccccc1)c1cc(C#N)ncn1. The molecule has 1 aromatic carbocycles. The zero-order valence-electron chi connectivity index (χ0n) is 10.2. The van der Waals surface area contributed by atoms with Crippen molar-refractivity contribution in [1.29, 1.82) is 5.26 Å². The second-order valence-corrected chi connectivity index (χ2v) is 3.87. The van der Waals surface area contributed by atoms with Gasteiger partial charge in [0.1, 0.15) is 23.9 Å². The Labute approximate surface area is 107 Å². The summed E-state index contributed by atoms with van der Waals surface area (Å²) in [7, 11) is 0. The Kier molecular flexibility index (Phi) is 3.87. The molecule has 2 aromatic rings. The van der Waals surface area contributed by atoms with Crippen molar-refractivity contribution in [3.63, 3.8) is 0 Å². The number of rotatable bonds is 4. The number of anilines is 1. The number of nitrogens with zero attached hydrogens (tertiary/aromatic N) is 4. The lowest BCUT2D eigenvalue weighted by atomic mass is 10.2. The first-order chi connectivity index (χ1) is 8.83. The first kappa shape index (κ1) is 12.1. The zero-order chi connectivity index (χ0) is 12.8. The Bertz CT molecular complexity index is 545. The van der Waals surface area contributed by atoms with E-state index < -0.39 is 0 Å². The van der Waals surface area contributed by atoms with Gasteiger partial charge in [-0.2, -0.15) is 5.26 Å². The summed E-state index contributed by atoms with van der Waals surface area (Å²) in [5, 5.41) is 8.85. The summed E-state index contributed by atoms with van der Waals surface area (Å²) in [5.74, 6) is 0.785. The van der Waals surface area contributed by atoms with E-state index in [2.05, 4.69) is 33.9 Å². The largest absolute Gasteiger partial charge is 0.352 e. The maximum absolute atomic E-state index is 8.85. The van der Waals surface area contributed by atoms with Crippen LogP contribution in [0.2, 0.25) is 0 Å². The molecule has 0 aliphatic rings. The fourth-order valence-corrected chi connectivity index (χ4v) is 1.74. The molecule has 2 rings (SSSR count). The van der Waals surface area contributed by atoms with Crippen LogP contribution in [-0.2, 0) is 6.54 Å². The molecule has 1 heterocycles. The molecule has 0 N–H and O–H groups in total. The van der Waals surface area contributed by atoms with Crippen LogP contribution in [0.15, 0.2) is 42.7 Å². The molecule has 0 spiro atoms. The Morgan fingerprint density at radius 1 is 1.22 bits per heavy atom. The van der Waals surface area contributed by atoms with Gasteiger partial charge in [0.2, 0.25) is 0 Å². The van der Waals surface area contributed by atoms with Gasteiger partial charge in [-0.05, 0) is 12.5 Å². The average molecular weight is 238 g/mol. The lowest BCUT2D eigenvalue weighted by molar-refractivity contribution is 0.809. The molecule has 0 saturated carbocycles. The molecule has 0 radical (unpaired) electrons. The van der Waals surface area contributed by atoms with Crippen LogP contribution < -0.4 is 4.90 Å². The highest BCUT2D eigenvalue weighted by atomic mass is 15.2. The van der Waals surface area contributed by atoms with Crippen molar-refractivity contribution >= 4 is 5.82 Å². The van der Waals surface area contributed by atoms with Crippen LogP contribution in [0.3, 0.4) is 0 Å². The summed E-state index contributed by atoms with van der Waals surface area (Å²) in [5.41, 5.74) is 1.61. The van der Waals surface area contributed by atoms with Crippen LogP contribution in [0, 0.1) is 11.3 Å². The Morgan fingerprint density at radius 2 is 2.00 bits per heavy atom. The summed E-state index contributed by atoms with van der Waals surface area (Å²) in [4.78, 5) is 10.2. The third-order valence-electron chi connectivity index (χ3n) is 2.69. The Morgan fingerprint density at radius 3 is 2.67 bits per heavy atom. The summed E-state index contributed by atoms with van der Waals surface area (Å²) < 4.78 is 0. The van der Waals surface area contributed by atoms with E-state index in [4.69, 9.17) is 5.26 Å². The van der Waals surface area contributed by atoms with E-state index in [-0.39, 0.29) is 0 Å². The molecule has 0 unspecified atom stereocenters. The van der Waals surface area contributed by atoms with Gasteiger partial charge in [0.25, 0.3) is 0 Å². The first-order valence-electron chi connectivity index (χ1n) is 5.84. The van der Waals surface area contributed by atoms with Crippen LogP contribution >= 0.6 is 0 Å². The second-order valence-electron chi connectivity index (χ2n) is 3.87. The predicted molar refractivity (Wildman–Crippen MR) is 69.9 cm³/mol. The number of nitriles is 1. The minimum absolute atomic E-state index is 0.395. The van der Waals surface area contributed by atoms with Gasteiger partial charge in [-0.15, -0.1) is 0 Å². The van der Waals surface area contributed by atoms with Gasteiger partial charge in [0.15, 0.2) is 0 Å². The fraction of sp³-hybridized carbons (Fsp3) is 0.214. The van der Waals surface area contributed by atoms with Gasteiger partial charge in [-0.1, -0.05) is 30.3 Å². The molecular formula is C14H14N4. The third-order valence-corrected chi connectivity index (χ3v) is 2.69. The highest BCUT2D eigenvalue weighted by molar-refractivity contribution is 5.42. The van der Waals surface area contributed by atoms with Crippen LogP contribution in [-0.4, -0.2) is 16.5 Å². The summed E-state index contributed by atoms with van der Waals surface area (Å²) in [6.07, 6.45) is 1.43. The van der Waals surface area contributed by atoms with E-state index in [1.165, 1.54) is 11.9 Å². The highest BCUT2D eigenvalue weighted by Gasteiger charge is 2.07. The topological polar surface area (TPSA) is 52.8 Å². The van der Waals surface area contributed by atoms with Crippen molar-refractivity contribution in [1.82, 2.24) is 9.97 Å². The van der Waals surface area contributed by atoms with E-state index in [1.807, 2.05) is 24.3 Å². The molecular weight excluding hydrogens is 224 g/mol. The normalized spacial score (nSPS) is 9.78. The molecule has 0 aliphatic carbocycles. The van der Waals surface area contributed by atoms with E-state index in [9.17, 15) is 0 Å². The number of benzene rings is 1. The van der Waals surface area contributed by atoms with Crippen LogP contribution in [0.25, 0.3) is 0 Å². The van der Waals surface area contributed by atoms with Crippen molar-refractivity contribution in [3.8, 4) is 6.07 Å². The Hall–Kier alpha value is -2.41. The number of hydrogen-bond acceptors (Lipinski definition) is 4. The van der Waals surface area contributed by atoms with E-state index in [1.54, 1.807) is 6.07 Å². The first-order valence-corrected chi connectivity index (χ1v) is 5.84. The third kappa shape index (κ3) is 2.83. The highest BCUT2D eigenvalue weighted by Crippen LogP contribution is 2.14. The molecule has 0 saturated heterocycles. The molecule has 4 nitrogen and oxygen atoms in total. The molecule has 0 aliphatic heterocycles. The quantitative estimate of drug-likeness (QED) is 0.820. The summed E-state index contributed by atoms with van der Waals surface area (Å²) >= 11 is 0. The molecule has 0 atom stereocenters. The minimum Gasteiger partial charge on any atom is -0.352 e. The van der Waals surface area contributed by atoms with Crippen LogP contribution in [0.1, 0.15) is 18.2 Å². The van der Waals surface area contributed by atoms with Crippen LogP contribution in [0.5, 0.6) is 0 Å². The van der Waals surface area contributed by atoms with Gasteiger partial charge in [-0.25, -0.2) is 9.97 Å². The molecule has 0 amide bonds. The number of hydrogen-bond donors (Lipinski definition) is 0. The van der Waals surface area contributed by atoms with Gasteiger partial charge in [0.05, 0.1) is 0 Å². The van der Waals surface area contributed by atoms with Crippen molar-refractivity contribution in [2.45, 2.75) is 13.5 Å². The van der Waals surface area contributed by atoms with Crippen LogP contribution in [0.4, 0.5) is 5.82 Å². The Balaban J connectivity index is 2.21. The van der Waals surface area contributed by atoms with Crippen molar-refractivity contribution in [3.05, 3.63) is 54.0 Å². The molecule has 4 heteroatoms. The summed E-state index contributed by atoms with van der Waals surface area (Å²) in [6, 6.07) is 13.9. The van der Waals surface area contributed by atoms with Crippen molar-refractivity contribution in [2.24, 2.45) is 0 Å². The zero-order valence-corrected chi connectivity index (χ0v) is 10.2. The van der Waals surface area contributed by atoms with Gasteiger partial charge >= 0.3 is 0 Å². The molecule has 90 valence electrons. The van der Waals surface area contributed by atoms with Gasteiger partial charge in [0, 0.05) is 19.2 Å². The molecule has 0 fully saturated rings. The standard InChI is InChI=1S/C14H14N4/c1-2-18(10-12-6-4-3-5-7-12)14-8-13(9-15)16-11-17-14/h3-8,11H,2,10H2,1H3. The lowest BCUT2D eigenvalue weighted by Gasteiger charge is -2.21. The van der Waals surface area contributed by atoms with E-state index in [0.29, 0.717) is 5.69 Å². The monoisotopic (exact) mass is 238 g/mol. The van der Waals surface area contributed by atoms with Crippen molar-refractivity contribution in [2.75, 3.05) is 11.4 Å². The van der Waals surface area contributed by atoms with Gasteiger partial charge < -0.3 is 4.90 Å². The fourth-order valence-electron chi connectivity index (χ4n) is 1.74. The maximum Gasteiger partial charge on any atom is 0.145 e. The maximum atomic E-state index is 8.85. The second kappa shape index (κ2) is 5.78. The smallest absolute Gasteiger partial charge is 0.145 e. The molecule has 1 aromatic heterocycles. The van der Waals surface area contributed by atoms with E-state index in [0.717, 1.165) is 18.9 Å². The minimum atomic E-state index is 0.395. The van der Waals surface area contributed by atoms with Crippen molar-refractivity contribution < 1.29 is 0 Å². The molecule has 18 heavy (non-hydrogen) atoms. The lowest BCUT2D eigenvalue weighted by Crippen LogP contribution is -2.23. The average Bonchev–Trinajstić information content (AvgIpc) is 2.46. The number of aromatic nitrogens is 2. The van der Waals surface area contributed by atoms with Gasteiger partial charge in [-0.3, -0.25) is 0 Å². The molecule has 0 bridgehead atoms. The predicted octanol–water partition coefficient (Wildman–Crippen LogP) is 2.37. The van der Waals surface area contributed by atoms with E-state index >= 15 is 0 Å².